The molecule has 1 unspecified atom stereocenters. The zero-order chi connectivity index (χ0) is 28.1. The van der Waals surface area contributed by atoms with Crippen LogP contribution < -0.4 is 9.64 Å². The predicted octanol–water partition coefficient (Wildman–Crippen LogP) is 7.22. The number of ether oxygens (including phenoxy) is 1. The number of hydrogen-bond donors (Lipinski definition) is 2. The first-order chi connectivity index (χ1) is 18.5. The van der Waals surface area contributed by atoms with E-state index in [1.54, 1.807) is 19.2 Å². The number of carbonyl (C=O) groups excluding carboxylic acids is 2. The van der Waals surface area contributed by atoms with Crippen molar-refractivity contribution in [1.29, 1.82) is 0 Å². The third-order valence-corrected chi connectivity index (χ3v) is 7.48. The van der Waals surface area contributed by atoms with Crippen molar-refractivity contribution >= 4 is 34.0 Å². The number of anilines is 1. The number of hydrogen-bond acceptors (Lipinski definition) is 4. The highest BCUT2D eigenvalue weighted by molar-refractivity contribution is 6.51. The molecule has 200 valence electrons. The lowest BCUT2D eigenvalue weighted by Crippen LogP contribution is -2.29. The van der Waals surface area contributed by atoms with Crippen molar-refractivity contribution in [3.63, 3.8) is 0 Å². The van der Waals surface area contributed by atoms with Gasteiger partial charge in [-0.3, -0.25) is 14.5 Å². The fourth-order valence-corrected chi connectivity index (χ4v) is 5.33. The van der Waals surface area contributed by atoms with E-state index in [0.29, 0.717) is 22.9 Å². The molecule has 1 atom stereocenters. The van der Waals surface area contributed by atoms with E-state index in [0.717, 1.165) is 27.6 Å². The molecule has 1 saturated heterocycles. The minimum atomic E-state index is -0.814. The predicted molar refractivity (Wildman–Crippen MR) is 155 cm³/mol. The molecule has 6 nitrogen and oxygen atoms in total. The Labute approximate surface area is 228 Å². The zero-order valence-electron chi connectivity index (χ0n) is 23.2. The SMILES string of the molecule is COc1ccc(/C(O)=C2\C(=O)C(=O)N(c3ccc(C(C)C)cc3)C2c2c[nH]c3ccccc23)cc1C(C)(C)C. The lowest BCUT2D eigenvalue weighted by Gasteiger charge is -2.26. The second-order valence-corrected chi connectivity index (χ2v) is 11.4. The standard InChI is InChI=1S/C33H34N2O4/c1-19(2)20-11-14-22(15-12-20)35-29(24-18-34-26-10-8-7-9-23(24)26)28(31(37)32(35)38)30(36)21-13-16-27(39-6)25(17-21)33(3,4)5/h7-19,29,34,36H,1-6H3/b30-28+. The first-order valence-corrected chi connectivity index (χ1v) is 13.2. The zero-order valence-corrected chi connectivity index (χ0v) is 23.2. The van der Waals surface area contributed by atoms with Gasteiger partial charge in [0.1, 0.15) is 11.5 Å². The van der Waals surface area contributed by atoms with E-state index in [4.69, 9.17) is 4.74 Å². The molecule has 1 aliphatic heterocycles. The van der Waals surface area contributed by atoms with E-state index in [-0.39, 0.29) is 16.7 Å². The minimum Gasteiger partial charge on any atom is -0.507 e. The van der Waals surface area contributed by atoms with Crippen LogP contribution in [0, 0.1) is 0 Å². The van der Waals surface area contributed by atoms with Gasteiger partial charge in [-0.2, -0.15) is 0 Å². The number of ketones is 1. The molecule has 1 aliphatic rings. The average Bonchev–Trinajstić information content (AvgIpc) is 3.45. The number of nitrogens with zero attached hydrogens (tertiary/aromatic N) is 1. The number of para-hydroxylation sites is 1. The van der Waals surface area contributed by atoms with E-state index >= 15 is 0 Å². The second kappa shape index (κ2) is 9.77. The fraction of sp³-hybridized carbons (Fsp3) is 0.273. The molecular formula is C33H34N2O4. The number of fused-ring (bicyclic) bond motifs is 1. The molecule has 2 N–H and O–H groups in total. The minimum absolute atomic E-state index is 0.0581. The van der Waals surface area contributed by atoms with Crippen LogP contribution in [0.25, 0.3) is 16.7 Å². The number of amides is 1. The lowest BCUT2D eigenvalue weighted by molar-refractivity contribution is -0.132. The summed E-state index contributed by atoms with van der Waals surface area (Å²) in [5.41, 5.74) is 4.48. The van der Waals surface area contributed by atoms with Crippen LogP contribution in [-0.2, 0) is 15.0 Å². The number of rotatable bonds is 5. The highest BCUT2D eigenvalue weighted by atomic mass is 16.5. The quantitative estimate of drug-likeness (QED) is 0.165. The topological polar surface area (TPSA) is 82.6 Å². The fourth-order valence-electron chi connectivity index (χ4n) is 5.33. The van der Waals surface area contributed by atoms with Crippen molar-refractivity contribution in [3.05, 3.63) is 101 Å². The van der Waals surface area contributed by atoms with Gasteiger partial charge in [-0.05, 0) is 53.3 Å². The summed E-state index contributed by atoms with van der Waals surface area (Å²) in [5, 5.41) is 12.6. The first-order valence-electron chi connectivity index (χ1n) is 13.2. The summed E-state index contributed by atoms with van der Waals surface area (Å²) < 4.78 is 5.57. The van der Waals surface area contributed by atoms with Crippen molar-refractivity contribution in [1.82, 2.24) is 4.98 Å². The van der Waals surface area contributed by atoms with Crippen molar-refractivity contribution in [2.75, 3.05) is 12.0 Å². The molecule has 2 heterocycles. The number of Topliss-reactive ketones (excluding diaryl/α,β-unsaturated/α-hetero) is 1. The third-order valence-electron chi connectivity index (χ3n) is 7.48. The van der Waals surface area contributed by atoms with Crippen LogP contribution in [0.2, 0.25) is 0 Å². The highest BCUT2D eigenvalue weighted by Gasteiger charge is 2.47. The Bertz CT molecular complexity index is 1600. The van der Waals surface area contributed by atoms with Crippen LogP contribution in [0.5, 0.6) is 5.75 Å². The van der Waals surface area contributed by atoms with Crippen molar-refractivity contribution in [2.24, 2.45) is 0 Å². The molecule has 1 fully saturated rings. The lowest BCUT2D eigenvalue weighted by atomic mass is 9.84. The van der Waals surface area contributed by atoms with Crippen molar-refractivity contribution < 1.29 is 19.4 Å². The number of carbonyl (C=O) groups is 2. The maximum Gasteiger partial charge on any atom is 0.300 e. The van der Waals surface area contributed by atoms with Gasteiger partial charge in [-0.25, -0.2) is 0 Å². The molecule has 0 bridgehead atoms. The molecule has 0 aliphatic carbocycles. The van der Waals surface area contributed by atoms with Gasteiger partial charge in [0.25, 0.3) is 11.7 Å². The molecule has 0 spiro atoms. The van der Waals surface area contributed by atoms with Gasteiger partial charge in [0.05, 0.1) is 18.7 Å². The van der Waals surface area contributed by atoms with Gasteiger partial charge in [0, 0.05) is 39.5 Å². The summed E-state index contributed by atoms with van der Waals surface area (Å²) in [6.45, 7) is 10.4. The summed E-state index contributed by atoms with van der Waals surface area (Å²) in [4.78, 5) is 32.1. The van der Waals surface area contributed by atoms with Crippen LogP contribution in [0.1, 0.15) is 68.8 Å². The Morgan fingerprint density at radius 3 is 2.33 bits per heavy atom. The number of nitrogens with one attached hydrogen (secondary N) is 1. The largest absolute Gasteiger partial charge is 0.507 e. The summed E-state index contributed by atoms with van der Waals surface area (Å²) in [7, 11) is 1.61. The molecule has 1 amide bonds. The summed E-state index contributed by atoms with van der Waals surface area (Å²) in [6, 6.07) is 20.0. The molecule has 6 heteroatoms. The molecular weight excluding hydrogens is 488 g/mol. The number of aromatic amines is 1. The molecule has 0 saturated carbocycles. The van der Waals surface area contributed by atoms with Crippen LogP contribution >= 0.6 is 0 Å². The van der Waals surface area contributed by atoms with Crippen LogP contribution in [-0.4, -0.2) is 28.9 Å². The Morgan fingerprint density at radius 2 is 1.69 bits per heavy atom. The van der Waals surface area contributed by atoms with Crippen molar-refractivity contribution in [3.8, 4) is 5.75 Å². The maximum absolute atomic E-state index is 13.7. The molecule has 4 aromatic rings. The Balaban J connectivity index is 1.75. The molecule has 3 aromatic carbocycles. The Hall–Kier alpha value is -4.32. The molecule has 39 heavy (non-hydrogen) atoms. The average molecular weight is 523 g/mol. The smallest absolute Gasteiger partial charge is 0.300 e. The van der Waals surface area contributed by atoms with Gasteiger partial charge < -0.3 is 14.8 Å². The number of aliphatic hydroxyl groups is 1. The van der Waals surface area contributed by atoms with Gasteiger partial charge in [0.2, 0.25) is 0 Å². The van der Waals surface area contributed by atoms with E-state index in [1.165, 1.54) is 4.90 Å². The monoisotopic (exact) mass is 522 g/mol. The number of aromatic nitrogens is 1. The molecule has 1 aromatic heterocycles. The van der Waals surface area contributed by atoms with E-state index in [1.807, 2.05) is 60.8 Å². The normalized spacial score (nSPS) is 17.4. The van der Waals surface area contributed by atoms with Crippen LogP contribution in [0.4, 0.5) is 5.69 Å². The van der Waals surface area contributed by atoms with Crippen LogP contribution in [0.3, 0.4) is 0 Å². The van der Waals surface area contributed by atoms with Crippen molar-refractivity contribution in [2.45, 2.75) is 52.0 Å². The van der Waals surface area contributed by atoms with E-state index < -0.39 is 17.7 Å². The summed E-state index contributed by atoms with van der Waals surface area (Å²) in [5.74, 6) is -0.584. The number of H-pyrrole nitrogens is 1. The first kappa shape index (κ1) is 26.3. The van der Waals surface area contributed by atoms with E-state index in [2.05, 4.69) is 39.6 Å². The third kappa shape index (κ3) is 4.50. The second-order valence-electron chi connectivity index (χ2n) is 11.4. The molecule has 0 radical (unpaired) electrons. The van der Waals surface area contributed by atoms with Crippen LogP contribution in [0.15, 0.2) is 78.5 Å². The summed E-state index contributed by atoms with van der Waals surface area (Å²) >= 11 is 0. The van der Waals surface area contributed by atoms with E-state index in [9.17, 15) is 14.7 Å². The Kier molecular flexibility index (Phi) is 6.59. The maximum atomic E-state index is 13.7. The van der Waals surface area contributed by atoms with Gasteiger partial charge in [0.15, 0.2) is 0 Å². The van der Waals surface area contributed by atoms with Gasteiger partial charge in [-0.15, -0.1) is 0 Å². The molecule has 5 rings (SSSR count). The number of benzene rings is 3. The highest BCUT2D eigenvalue weighted by Crippen LogP contribution is 2.45. The number of aliphatic hydroxyl groups excluding tert-OH is 1. The van der Waals surface area contributed by atoms with Gasteiger partial charge >= 0.3 is 0 Å². The van der Waals surface area contributed by atoms with Gasteiger partial charge in [-0.1, -0.05) is 65.0 Å². The summed E-state index contributed by atoms with van der Waals surface area (Å²) in [6.07, 6.45) is 1.82. The Morgan fingerprint density at radius 1 is 1.00 bits per heavy atom. The number of methoxy groups -OCH3 is 1.